The van der Waals surface area contributed by atoms with E-state index in [4.69, 9.17) is 0 Å². The van der Waals surface area contributed by atoms with Crippen LogP contribution in [0.25, 0.3) is 0 Å². The van der Waals surface area contributed by atoms with Gasteiger partial charge in [-0.15, -0.1) is 0 Å². The number of nitrogens with one attached hydrogen (secondary N) is 2. The molecular weight excluding hydrogens is 420 g/mol. The van der Waals surface area contributed by atoms with E-state index in [1.54, 1.807) is 31.2 Å². The van der Waals surface area contributed by atoms with Crippen molar-refractivity contribution < 1.29 is 13.2 Å². The van der Waals surface area contributed by atoms with Crippen LogP contribution in [0.5, 0.6) is 0 Å². The summed E-state index contributed by atoms with van der Waals surface area (Å²) in [5.41, 5.74) is 6.04. The number of amides is 1. The maximum Gasteiger partial charge on any atom is 0.262 e. The Morgan fingerprint density at radius 3 is 2.44 bits per heavy atom. The highest BCUT2D eigenvalue weighted by Crippen LogP contribution is 2.26. The van der Waals surface area contributed by atoms with Crippen LogP contribution in [0.2, 0.25) is 0 Å². The van der Waals surface area contributed by atoms with Gasteiger partial charge in [-0.05, 0) is 86.1 Å². The van der Waals surface area contributed by atoms with Crippen molar-refractivity contribution in [3.05, 3.63) is 94.0 Å². The highest BCUT2D eigenvalue weighted by Gasteiger charge is 2.21. The molecule has 3 aromatic carbocycles. The summed E-state index contributed by atoms with van der Waals surface area (Å²) in [5.74, 6) is -0.301. The Kier molecular flexibility index (Phi) is 6.07. The summed E-state index contributed by atoms with van der Waals surface area (Å²) < 4.78 is 28.8. The lowest BCUT2D eigenvalue weighted by Gasteiger charge is -2.17. The minimum Gasteiger partial charge on any atom is -0.346 e. The zero-order valence-corrected chi connectivity index (χ0v) is 19.4. The minimum atomic E-state index is -3.84. The molecule has 0 saturated carbocycles. The molecule has 1 aliphatic carbocycles. The summed E-state index contributed by atoms with van der Waals surface area (Å²) in [6.45, 7) is 5.51. The number of fused-ring (bicyclic) bond motifs is 1. The first-order valence-corrected chi connectivity index (χ1v) is 12.3. The second kappa shape index (κ2) is 8.79. The molecule has 0 spiro atoms. The van der Waals surface area contributed by atoms with Gasteiger partial charge in [0.15, 0.2) is 0 Å². The first-order chi connectivity index (χ1) is 15.2. The first kappa shape index (κ1) is 22.1. The number of hydrogen-bond donors (Lipinski definition) is 2. The Hall–Kier alpha value is -3.12. The van der Waals surface area contributed by atoms with Crippen molar-refractivity contribution in [1.29, 1.82) is 0 Å². The molecule has 0 heterocycles. The molecule has 2 N–H and O–H groups in total. The van der Waals surface area contributed by atoms with Crippen molar-refractivity contribution in [2.45, 2.75) is 51.0 Å². The van der Waals surface area contributed by atoms with Crippen molar-refractivity contribution in [3.8, 4) is 0 Å². The van der Waals surface area contributed by atoms with E-state index in [0.29, 0.717) is 16.8 Å². The Morgan fingerprint density at radius 1 is 0.906 bits per heavy atom. The maximum absolute atomic E-state index is 13.1. The van der Waals surface area contributed by atoms with Crippen LogP contribution in [0.4, 0.5) is 5.69 Å². The maximum atomic E-state index is 13.1. The van der Waals surface area contributed by atoms with Crippen LogP contribution >= 0.6 is 0 Å². The van der Waals surface area contributed by atoms with Crippen molar-refractivity contribution in [3.63, 3.8) is 0 Å². The van der Waals surface area contributed by atoms with Crippen LogP contribution in [0.3, 0.4) is 0 Å². The molecule has 0 bridgehead atoms. The van der Waals surface area contributed by atoms with E-state index >= 15 is 0 Å². The van der Waals surface area contributed by atoms with Gasteiger partial charge in [-0.1, -0.05) is 42.5 Å². The molecule has 4 rings (SSSR count). The van der Waals surface area contributed by atoms with Crippen molar-refractivity contribution in [1.82, 2.24) is 5.32 Å². The summed E-state index contributed by atoms with van der Waals surface area (Å²) in [5, 5.41) is 3.01. The Bertz CT molecular complexity index is 1280. The third kappa shape index (κ3) is 4.55. The molecule has 5 nitrogen and oxygen atoms in total. The predicted octanol–water partition coefficient (Wildman–Crippen LogP) is 5.08. The van der Waals surface area contributed by atoms with Crippen LogP contribution in [0, 0.1) is 13.8 Å². The Morgan fingerprint density at radius 2 is 1.66 bits per heavy atom. The summed E-state index contributed by atoms with van der Waals surface area (Å²) in [6, 6.07) is 18.2. The molecule has 0 radical (unpaired) electrons. The predicted molar refractivity (Wildman–Crippen MR) is 128 cm³/mol. The molecule has 0 aliphatic heterocycles. The topological polar surface area (TPSA) is 75.3 Å². The van der Waals surface area contributed by atoms with E-state index in [1.807, 2.05) is 26.0 Å². The Balaban J connectivity index is 1.55. The second-order valence-corrected chi connectivity index (χ2v) is 10.1. The zero-order chi connectivity index (χ0) is 22.9. The van der Waals surface area contributed by atoms with Crippen LogP contribution in [-0.4, -0.2) is 14.3 Å². The normalized spacial score (nSPS) is 14.0. The van der Waals surface area contributed by atoms with E-state index in [1.165, 1.54) is 23.6 Å². The van der Waals surface area contributed by atoms with E-state index in [-0.39, 0.29) is 16.8 Å². The molecule has 3 aromatic rings. The van der Waals surface area contributed by atoms with Crippen molar-refractivity contribution >= 4 is 21.6 Å². The highest BCUT2D eigenvalue weighted by molar-refractivity contribution is 7.92. The zero-order valence-electron chi connectivity index (χ0n) is 18.6. The van der Waals surface area contributed by atoms with Gasteiger partial charge in [-0.2, -0.15) is 0 Å². The van der Waals surface area contributed by atoms with Gasteiger partial charge >= 0.3 is 0 Å². The van der Waals surface area contributed by atoms with Gasteiger partial charge in [-0.25, -0.2) is 8.42 Å². The second-order valence-electron chi connectivity index (χ2n) is 8.48. The first-order valence-electron chi connectivity index (χ1n) is 10.9. The summed E-state index contributed by atoms with van der Waals surface area (Å²) in [4.78, 5) is 13.0. The largest absolute Gasteiger partial charge is 0.346 e. The number of rotatable bonds is 6. The van der Waals surface area contributed by atoms with E-state index in [0.717, 1.165) is 24.0 Å². The summed E-state index contributed by atoms with van der Waals surface area (Å²) in [6.07, 6.45) is 3.38. The number of benzene rings is 3. The molecule has 1 amide bonds. The average molecular weight is 449 g/mol. The third-order valence-corrected chi connectivity index (χ3v) is 7.61. The molecule has 0 aromatic heterocycles. The van der Waals surface area contributed by atoms with E-state index < -0.39 is 10.0 Å². The standard InChI is InChI=1S/C26H28N2O3S/c1-17-7-4-5-10-24(17)28-32(30,31)25-16-23(12-11-18(25)2)26(29)27-19(3)21-14-13-20-8-6-9-22(20)15-21/h4-5,7,10-16,19,28H,6,8-9H2,1-3H3,(H,27,29). The van der Waals surface area contributed by atoms with Gasteiger partial charge in [0, 0.05) is 5.56 Å². The van der Waals surface area contributed by atoms with Crippen LogP contribution in [0.1, 0.15) is 57.6 Å². The number of para-hydroxylation sites is 1. The summed E-state index contributed by atoms with van der Waals surface area (Å²) in [7, 11) is -3.84. The lowest BCUT2D eigenvalue weighted by atomic mass is 10.0. The molecule has 166 valence electrons. The number of aryl methyl sites for hydroxylation is 4. The van der Waals surface area contributed by atoms with Gasteiger partial charge in [-0.3, -0.25) is 9.52 Å². The molecule has 32 heavy (non-hydrogen) atoms. The lowest BCUT2D eigenvalue weighted by Crippen LogP contribution is -2.27. The SMILES string of the molecule is Cc1ccccc1NS(=O)(=O)c1cc(C(=O)NC(C)c2ccc3c(c2)CCC3)ccc1C. The molecule has 1 aliphatic rings. The summed E-state index contributed by atoms with van der Waals surface area (Å²) >= 11 is 0. The Labute approximate surface area is 189 Å². The average Bonchev–Trinajstić information content (AvgIpc) is 3.23. The van der Waals surface area contributed by atoms with Crippen LogP contribution < -0.4 is 10.0 Å². The van der Waals surface area contributed by atoms with Crippen molar-refractivity contribution in [2.24, 2.45) is 0 Å². The van der Waals surface area contributed by atoms with Gasteiger partial charge in [0.1, 0.15) is 0 Å². The number of anilines is 1. The van der Waals surface area contributed by atoms with Crippen LogP contribution in [-0.2, 0) is 22.9 Å². The fraction of sp³-hybridized carbons (Fsp3) is 0.269. The molecule has 0 fully saturated rings. The molecule has 1 unspecified atom stereocenters. The number of carbonyl (C=O) groups excluding carboxylic acids is 1. The van der Waals surface area contributed by atoms with E-state index in [2.05, 4.69) is 28.2 Å². The van der Waals surface area contributed by atoms with Crippen LogP contribution in [0.15, 0.2) is 65.6 Å². The lowest BCUT2D eigenvalue weighted by molar-refractivity contribution is 0.0939. The molecule has 6 heteroatoms. The number of sulfonamides is 1. The fourth-order valence-corrected chi connectivity index (χ4v) is 5.54. The van der Waals surface area contributed by atoms with Crippen molar-refractivity contribution in [2.75, 3.05) is 4.72 Å². The quantitative estimate of drug-likeness (QED) is 0.552. The fourth-order valence-electron chi connectivity index (χ4n) is 4.14. The third-order valence-electron chi connectivity index (χ3n) is 6.10. The van der Waals surface area contributed by atoms with Gasteiger partial charge < -0.3 is 5.32 Å². The minimum absolute atomic E-state index is 0.0959. The monoisotopic (exact) mass is 448 g/mol. The van der Waals surface area contributed by atoms with E-state index in [9.17, 15) is 13.2 Å². The van der Waals surface area contributed by atoms with Gasteiger partial charge in [0.05, 0.1) is 16.6 Å². The number of carbonyl (C=O) groups is 1. The molecular formula is C26H28N2O3S. The number of hydrogen-bond acceptors (Lipinski definition) is 3. The van der Waals surface area contributed by atoms with Gasteiger partial charge in [0.25, 0.3) is 15.9 Å². The molecule has 1 atom stereocenters. The highest BCUT2D eigenvalue weighted by atomic mass is 32.2. The van der Waals surface area contributed by atoms with Gasteiger partial charge in [0.2, 0.25) is 0 Å². The smallest absolute Gasteiger partial charge is 0.262 e. The molecule has 0 saturated heterocycles.